The molecule has 0 aliphatic rings. The zero-order valence-corrected chi connectivity index (χ0v) is 12.9. The van der Waals surface area contributed by atoms with Gasteiger partial charge in [-0.25, -0.2) is 0 Å². The second-order valence-electron chi connectivity index (χ2n) is 5.35. The van der Waals surface area contributed by atoms with E-state index in [4.69, 9.17) is 0 Å². The third-order valence-electron chi connectivity index (χ3n) is 3.77. The van der Waals surface area contributed by atoms with Gasteiger partial charge in [-0.05, 0) is 11.6 Å². The second kappa shape index (κ2) is 6.00. The Balaban J connectivity index is 1.81. The monoisotopic (exact) mass is 332 g/mol. The van der Waals surface area contributed by atoms with Crippen molar-refractivity contribution in [3.05, 3.63) is 70.9 Å². The first-order valence-corrected chi connectivity index (χ1v) is 7.49. The van der Waals surface area contributed by atoms with Gasteiger partial charge in [-0.15, -0.1) is 5.10 Å². The van der Waals surface area contributed by atoms with Gasteiger partial charge in [0.05, 0.1) is 16.5 Å². The van der Waals surface area contributed by atoms with Crippen LogP contribution in [0.2, 0.25) is 0 Å². The van der Waals surface area contributed by atoms with Crippen LogP contribution in [0.4, 0.5) is 17.2 Å². The molecule has 2 aromatic carbocycles. The summed E-state index contributed by atoms with van der Waals surface area (Å²) >= 11 is 0. The smallest absolute Gasteiger partial charge is 0.271 e. The number of aromatic amines is 1. The standard InChI is InChI=1S/C17H12N6O2/c24-23(25)13-8-4-7-12(9-13)19-16-15-14(11-5-2-1-3-6-11)10-18-20-17(15)22-21-16/h1-10H,(H2,19,20,21,22). The summed E-state index contributed by atoms with van der Waals surface area (Å²) < 4.78 is 0. The molecule has 0 atom stereocenters. The number of hydrogen-bond donors (Lipinski definition) is 2. The molecule has 0 unspecified atom stereocenters. The Morgan fingerprint density at radius 3 is 2.72 bits per heavy atom. The highest BCUT2D eigenvalue weighted by molar-refractivity contribution is 6.00. The van der Waals surface area contributed by atoms with Crippen LogP contribution in [0.1, 0.15) is 0 Å². The Hall–Kier alpha value is -3.81. The molecule has 8 heteroatoms. The van der Waals surface area contributed by atoms with Crippen LogP contribution >= 0.6 is 0 Å². The predicted molar refractivity (Wildman–Crippen MR) is 93.5 cm³/mol. The summed E-state index contributed by atoms with van der Waals surface area (Å²) in [5.74, 6) is 0.532. The number of fused-ring (bicyclic) bond motifs is 1. The molecule has 0 saturated heterocycles. The van der Waals surface area contributed by atoms with Gasteiger partial charge in [0, 0.05) is 23.4 Å². The Kier molecular flexibility index (Phi) is 3.55. The number of hydrogen-bond acceptors (Lipinski definition) is 6. The van der Waals surface area contributed by atoms with Gasteiger partial charge in [0.25, 0.3) is 5.69 Å². The molecule has 0 aliphatic carbocycles. The van der Waals surface area contributed by atoms with Crippen molar-refractivity contribution in [2.24, 2.45) is 0 Å². The van der Waals surface area contributed by atoms with E-state index < -0.39 is 4.92 Å². The summed E-state index contributed by atoms with van der Waals surface area (Å²) in [6, 6.07) is 16.0. The first-order chi connectivity index (χ1) is 12.2. The molecule has 2 N–H and O–H groups in total. The van der Waals surface area contributed by atoms with Crippen molar-refractivity contribution in [2.75, 3.05) is 5.32 Å². The van der Waals surface area contributed by atoms with Crippen molar-refractivity contribution in [3.63, 3.8) is 0 Å². The zero-order valence-electron chi connectivity index (χ0n) is 12.9. The van der Waals surface area contributed by atoms with E-state index in [2.05, 4.69) is 25.7 Å². The lowest BCUT2D eigenvalue weighted by atomic mass is 10.1. The van der Waals surface area contributed by atoms with E-state index in [1.54, 1.807) is 18.3 Å². The molecule has 0 aliphatic heterocycles. The van der Waals surface area contributed by atoms with Crippen LogP contribution in [0, 0.1) is 10.1 Å². The SMILES string of the molecule is O=[N+]([O-])c1cccc(Nc2n[nH]c3nncc(-c4ccccc4)c23)c1. The molecule has 4 rings (SSSR count). The lowest BCUT2D eigenvalue weighted by Gasteiger charge is -2.06. The number of nitrogens with one attached hydrogen (secondary N) is 2. The summed E-state index contributed by atoms with van der Waals surface area (Å²) in [7, 11) is 0. The summed E-state index contributed by atoms with van der Waals surface area (Å²) in [5, 5.41) is 30.0. The number of H-pyrrole nitrogens is 1. The predicted octanol–water partition coefficient (Wildman–Crippen LogP) is 3.67. The molecule has 4 aromatic rings. The minimum Gasteiger partial charge on any atom is -0.338 e. The highest BCUT2D eigenvalue weighted by atomic mass is 16.6. The van der Waals surface area contributed by atoms with E-state index in [1.807, 2.05) is 30.3 Å². The molecule has 8 nitrogen and oxygen atoms in total. The summed E-state index contributed by atoms with van der Waals surface area (Å²) in [4.78, 5) is 10.5. The fourth-order valence-electron chi connectivity index (χ4n) is 2.63. The van der Waals surface area contributed by atoms with Crippen LogP contribution in [0.15, 0.2) is 60.8 Å². The number of rotatable bonds is 4. The maximum absolute atomic E-state index is 10.9. The number of benzene rings is 2. The fourth-order valence-corrected chi connectivity index (χ4v) is 2.63. The van der Waals surface area contributed by atoms with E-state index in [0.717, 1.165) is 16.5 Å². The van der Waals surface area contributed by atoms with Gasteiger partial charge in [0.1, 0.15) is 0 Å². The van der Waals surface area contributed by atoms with Crippen molar-refractivity contribution in [1.82, 2.24) is 20.4 Å². The first-order valence-electron chi connectivity index (χ1n) is 7.49. The molecule has 0 saturated carbocycles. The summed E-state index contributed by atoms with van der Waals surface area (Å²) in [5.41, 5.74) is 2.96. The summed E-state index contributed by atoms with van der Waals surface area (Å²) in [6.07, 6.45) is 1.67. The highest BCUT2D eigenvalue weighted by Crippen LogP contribution is 2.32. The van der Waals surface area contributed by atoms with Crippen LogP contribution < -0.4 is 5.32 Å². The summed E-state index contributed by atoms with van der Waals surface area (Å²) in [6.45, 7) is 0. The van der Waals surface area contributed by atoms with Crippen LogP contribution in [0.3, 0.4) is 0 Å². The van der Waals surface area contributed by atoms with Gasteiger partial charge in [-0.1, -0.05) is 36.4 Å². The molecule has 0 bridgehead atoms. The number of nitro benzene ring substituents is 1. The van der Waals surface area contributed by atoms with E-state index in [1.165, 1.54) is 12.1 Å². The van der Waals surface area contributed by atoms with Crippen molar-refractivity contribution in [2.45, 2.75) is 0 Å². The molecule has 0 fully saturated rings. The lowest BCUT2D eigenvalue weighted by Crippen LogP contribution is -1.94. The minimum atomic E-state index is -0.436. The van der Waals surface area contributed by atoms with Gasteiger partial charge in [-0.3, -0.25) is 15.2 Å². The van der Waals surface area contributed by atoms with Crippen molar-refractivity contribution in [3.8, 4) is 11.1 Å². The van der Waals surface area contributed by atoms with Gasteiger partial charge >= 0.3 is 0 Å². The van der Waals surface area contributed by atoms with Crippen LogP contribution in [0.25, 0.3) is 22.2 Å². The maximum Gasteiger partial charge on any atom is 0.271 e. The second-order valence-corrected chi connectivity index (χ2v) is 5.35. The fraction of sp³-hybridized carbons (Fsp3) is 0. The molecule has 0 radical (unpaired) electrons. The molecule has 25 heavy (non-hydrogen) atoms. The highest BCUT2D eigenvalue weighted by Gasteiger charge is 2.15. The number of non-ortho nitro benzene ring substituents is 1. The topological polar surface area (TPSA) is 110 Å². The third-order valence-corrected chi connectivity index (χ3v) is 3.77. The molecule has 0 amide bonds. The maximum atomic E-state index is 10.9. The Morgan fingerprint density at radius 1 is 1.08 bits per heavy atom. The van der Waals surface area contributed by atoms with Crippen LogP contribution in [-0.4, -0.2) is 25.3 Å². The van der Waals surface area contributed by atoms with E-state index >= 15 is 0 Å². The third kappa shape index (κ3) is 2.76. The van der Waals surface area contributed by atoms with Gasteiger partial charge in [0.2, 0.25) is 0 Å². The zero-order chi connectivity index (χ0) is 17.2. The molecular weight excluding hydrogens is 320 g/mol. The molecule has 0 spiro atoms. The van der Waals surface area contributed by atoms with Crippen LogP contribution in [0.5, 0.6) is 0 Å². The van der Waals surface area contributed by atoms with Gasteiger partial charge < -0.3 is 5.32 Å². The van der Waals surface area contributed by atoms with Gasteiger partial charge in [0.15, 0.2) is 11.5 Å². The van der Waals surface area contributed by atoms with Crippen molar-refractivity contribution < 1.29 is 4.92 Å². The Labute approximate surface area is 141 Å². The van der Waals surface area contributed by atoms with E-state index in [9.17, 15) is 10.1 Å². The molecule has 122 valence electrons. The van der Waals surface area contributed by atoms with E-state index in [0.29, 0.717) is 17.2 Å². The lowest BCUT2D eigenvalue weighted by molar-refractivity contribution is -0.384. The van der Waals surface area contributed by atoms with Crippen LogP contribution in [-0.2, 0) is 0 Å². The van der Waals surface area contributed by atoms with Crippen molar-refractivity contribution >= 4 is 28.2 Å². The van der Waals surface area contributed by atoms with E-state index in [-0.39, 0.29) is 5.69 Å². The largest absolute Gasteiger partial charge is 0.338 e. The number of nitro groups is 1. The number of aromatic nitrogens is 4. The normalized spacial score (nSPS) is 10.7. The Morgan fingerprint density at radius 2 is 1.92 bits per heavy atom. The average molecular weight is 332 g/mol. The molecule has 2 heterocycles. The van der Waals surface area contributed by atoms with Gasteiger partial charge in [-0.2, -0.15) is 10.2 Å². The molecule has 2 aromatic heterocycles. The minimum absolute atomic E-state index is 0.00733. The van der Waals surface area contributed by atoms with Crippen molar-refractivity contribution in [1.29, 1.82) is 0 Å². The average Bonchev–Trinajstić information content (AvgIpc) is 3.06. The first kappa shape index (κ1) is 14.8. The molecular formula is C17H12N6O2. The number of anilines is 2. The Bertz CT molecular complexity index is 1060. The number of nitrogens with zero attached hydrogens (tertiary/aromatic N) is 4. The quantitative estimate of drug-likeness (QED) is 0.436.